The Morgan fingerprint density at radius 3 is 2.38 bits per heavy atom. The quantitative estimate of drug-likeness (QED) is 0.599. The fraction of sp³-hybridized carbons (Fsp3) is 0.333. The van der Waals surface area contributed by atoms with E-state index in [1.807, 2.05) is 0 Å². The molecule has 2 nitrogen and oxygen atoms in total. The maximum Gasteiger partial charge on any atom is 0.238 e. The van der Waals surface area contributed by atoms with Crippen molar-refractivity contribution in [1.82, 2.24) is 0 Å². The zero-order valence-electron chi connectivity index (χ0n) is 9.20. The van der Waals surface area contributed by atoms with Gasteiger partial charge in [-0.3, -0.25) is 9.59 Å². The van der Waals surface area contributed by atoms with Crippen LogP contribution in [0.25, 0.3) is 0 Å². The molecule has 0 saturated carbocycles. The Morgan fingerprint density at radius 1 is 1.31 bits per heavy atom. The van der Waals surface area contributed by atoms with Crippen LogP contribution in [0.5, 0.6) is 0 Å². The minimum atomic E-state index is -2.39. The average Bonchev–Trinajstić information content (AvgIpc) is 2.29. The van der Waals surface area contributed by atoms with E-state index >= 15 is 0 Å². The van der Waals surface area contributed by atoms with Crippen molar-refractivity contribution in [3.63, 3.8) is 0 Å². The number of alkyl halides is 1. The van der Waals surface area contributed by atoms with Crippen LogP contribution < -0.4 is 0 Å². The van der Waals surface area contributed by atoms with Gasteiger partial charge in [-0.1, -0.05) is 25.1 Å². The minimum absolute atomic E-state index is 0.0219. The maximum atomic E-state index is 13.8. The predicted octanol–water partition coefficient (Wildman–Crippen LogP) is 3.01. The number of halogens is 1. The van der Waals surface area contributed by atoms with Crippen molar-refractivity contribution in [1.29, 1.82) is 0 Å². The molecular weight excluding hydrogens is 227 g/mol. The Bertz CT molecular complexity index is 387. The summed E-state index contributed by atoms with van der Waals surface area (Å²) in [5.41, 5.74) is -2.39. The summed E-state index contributed by atoms with van der Waals surface area (Å²) in [5, 5.41) is -0.759. The second-order valence-electron chi connectivity index (χ2n) is 3.48. The van der Waals surface area contributed by atoms with Gasteiger partial charge in [0, 0.05) is 11.3 Å². The molecule has 86 valence electrons. The summed E-state index contributed by atoms with van der Waals surface area (Å²) in [6.45, 7) is 2.57. The predicted molar refractivity (Wildman–Crippen MR) is 62.1 cm³/mol. The molecule has 1 unspecified atom stereocenters. The number of Topliss-reactive ketones (excluding diaryl/α,β-unsaturated/α-hetero) is 1. The first-order valence-electron chi connectivity index (χ1n) is 4.98. The molecule has 1 aromatic rings. The van der Waals surface area contributed by atoms with E-state index in [9.17, 15) is 14.0 Å². The number of hydrogen-bond acceptors (Lipinski definition) is 3. The molecule has 16 heavy (non-hydrogen) atoms. The third-order valence-corrected chi connectivity index (χ3v) is 3.26. The minimum Gasteiger partial charge on any atom is -0.296 e. The largest absolute Gasteiger partial charge is 0.296 e. The summed E-state index contributed by atoms with van der Waals surface area (Å²) >= 11 is 0.759. The van der Waals surface area contributed by atoms with E-state index in [0.717, 1.165) is 18.7 Å². The van der Waals surface area contributed by atoms with Crippen LogP contribution in [0.4, 0.5) is 4.39 Å². The highest BCUT2D eigenvalue weighted by Crippen LogP contribution is 2.27. The number of benzene rings is 1. The van der Waals surface area contributed by atoms with Gasteiger partial charge in [0.15, 0.2) is 5.78 Å². The number of ketones is 1. The van der Waals surface area contributed by atoms with Crippen molar-refractivity contribution in [2.24, 2.45) is 0 Å². The Balaban J connectivity index is 2.76. The van der Waals surface area contributed by atoms with E-state index in [2.05, 4.69) is 0 Å². The van der Waals surface area contributed by atoms with Crippen LogP contribution in [0.3, 0.4) is 0 Å². The third-order valence-electron chi connectivity index (χ3n) is 2.18. The molecule has 0 N–H and O–H groups in total. The topological polar surface area (TPSA) is 34.1 Å². The number of thioether (sulfide) groups is 1. The Hall–Kier alpha value is -1.16. The molecule has 0 aromatic heterocycles. The van der Waals surface area contributed by atoms with Crippen LogP contribution in [-0.4, -0.2) is 16.6 Å². The third kappa shape index (κ3) is 2.92. The molecule has 0 radical (unpaired) electrons. The summed E-state index contributed by atoms with van der Waals surface area (Å²) < 4.78 is 13.8. The highest BCUT2D eigenvalue weighted by atomic mass is 32.2. The molecule has 1 atom stereocenters. The Kier molecular flexibility index (Phi) is 4.24. The summed E-state index contributed by atoms with van der Waals surface area (Å²) in [6, 6.07) is 8.73. The molecule has 0 aliphatic rings. The molecule has 0 bridgehead atoms. The van der Waals surface area contributed by atoms with Gasteiger partial charge in [-0.15, -0.1) is 0 Å². The highest BCUT2D eigenvalue weighted by Gasteiger charge is 2.40. The standard InChI is InChI=1S/C12H13FO2S/c1-3-10(14)12(2,13)11(15)16-9-7-5-4-6-8-9/h4-8H,3H2,1-2H3. The van der Waals surface area contributed by atoms with Crippen molar-refractivity contribution < 1.29 is 14.0 Å². The molecule has 4 heteroatoms. The van der Waals surface area contributed by atoms with Crippen LogP contribution in [-0.2, 0) is 9.59 Å². The summed E-state index contributed by atoms with van der Waals surface area (Å²) in [4.78, 5) is 23.5. The van der Waals surface area contributed by atoms with Gasteiger partial charge < -0.3 is 0 Å². The van der Waals surface area contributed by atoms with Gasteiger partial charge in [0.1, 0.15) is 0 Å². The molecule has 0 fully saturated rings. The van der Waals surface area contributed by atoms with Crippen molar-refractivity contribution in [3.05, 3.63) is 30.3 Å². The van der Waals surface area contributed by atoms with Gasteiger partial charge in [-0.25, -0.2) is 4.39 Å². The first kappa shape index (κ1) is 12.9. The molecular formula is C12H13FO2S. The van der Waals surface area contributed by atoms with Crippen molar-refractivity contribution in [3.8, 4) is 0 Å². The van der Waals surface area contributed by atoms with Crippen LogP contribution in [0.15, 0.2) is 35.2 Å². The van der Waals surface area contributed by atoms with E-state index in [-0.39, 0.29) is 6.42 Å². The molecule has 1 rings (SSSR count). The normalized spacial score (nSPS) is 14.2. The zero-order valence-corrected chi connectivity index (χ0v) is 10.0. The van der Waals surface area contributed by atoms with Crippen LogP contribution >= 0.6 is 11.8 Å². The molecule has 0 heterocycles. The second kappa shape index (κ2) is 5.25. The monoisotopic (exact) mass is 240 g/mol. The lowest BCUT2D eigenvalue weighted by Crippen LogP contribution is -2.36. The Morgan fingerprint density at radius 2 is 1.88 bits per heavy atom. The summed E-state index contributed by atoms with van der Waals surface area (Å²) in [7, 11) is 0. The lowest BCUT2D eigenvalue weighted by molar-refractivity contribution is -0.136. The van der Waals surface area contributed by atoms with Gasteiger partial charge in [0.05, 0.1) is 0 Å². The highest BCUT2D eigenvalue weighted by molar-refractivity contribution is 8.14. The van der Waals surface area contributed by atoms with E-state index in [1.165, 1.54) is 0 Å². The van der Waals surface area contributed by atoms with Gasteiger partial charge in [0.2, 0.25) is 10.8 Å². The second-order valence-corrected chi connectivity index (χ2v) is 4.53. The average molecular weight is 240 g/mol. The number of carbonyl (C=O) groups excluding carboxylic acids is 2. The molecule has 1 aromatic carbocycles. The maximum absolute atomic E-state index is 13.8. The van der Waals surface area contributed by atoms with E-state index in [1.54, 1.807) is 37.3 Å². The first-order chi connectivity index (χ1) is 7.48. The van der Waals surface area contributed by atoms with Gasteiger partial charge in [0.25, 0.3) is 0 Å². The number of hydrogen-bond donors (Lipinski definition) is 0. The number of rotatable bonds is 4. The van der Waals surface area contributed by atoms with Crippen molar-refractivity contribution in [2.75, 3.05) is 0 Å². The molecule has 0 aliphatic heterocycles. The fourth-order valence-corrected chi connectivity index (χ4v) is 1.95. The molecule has 0 saturated heterocycles. The SMILES string of the molecule is CCC(=O)C(C)(F)C(=O)Sc1ccccc1. The van der Waals surface area contributed by atoms with Crippen LogP contribution in [0, 0.1) is 0 Å². The Labute approximate surface area is 98.2 Å². The van der Waals surface area contributed by atoms with Gasteiger partial charge in [-0.05, 0) is 30.8 Å². The van der Waals surface area contributed by atoms with Crippen LogP contribution in [0.1, 0.15) is 20.3 Å². The van der Waals surface area contributed by atoms with E-state index in [0.29, 0.717) is 4.90 Å². The smallest absolute Gasteiger partial charge is 0.238 e. The molecule has 0 aliphatic carbocycles. The lowest BCUT2D eigenvalue weighted by Gasteiger charge is -2.15. The molecule has 0 spiro atoms. The first-order valence-corrected chi connectivity index (χ1v) is 5.79. The van der Waals surface area contributed by atoms with Crippen molar-refractivity contribution >= 4 is 22.7 Å². The van der Waals surface area contributed by atoms with Gasteiger partial charge >= 0.3 is 0 Å². The lowest BCUT2D eigenvalue weighted by atomic mass is 10.0. The fourth-order valence-electron chi connectivity index (χ4n) is 1.14. The van der Waals surface area contributed by atoms with Crippen molar-refractivity contribution in [2.45, 2.75) is 30.8 Å². The van der Waals surface area contributed by atoms with Crippen LogP contribution in [0.2, 0.25) is 0 Å². The van der Waals surface area contributed by atoms with E-state index in [4.69, 9.17) is 0 Å². The molecule has 0 amide bonds. The summed E-state index contributed by atoms with van der Waals surface area (Å²) in [5.74, 6) is -0.680. The zero-order chi connectivity index (χ0) is 12.2. The van der Waals surface area contributed by atoms with Gasteiger partial charge in [-0.2, -0.15) is 0 Å². The van der Waals surface area contributed by atoms with E-state index < -0.39 is 16.6 Å². The summed E-state index contributed by atoms with van der Waals surface area (Å²) in [6.07, 6.45) is 0.0219. The number of carbonyl (C=O) groups is 2.